The first-order chi connectivity index (χ1) is 20.6. The van der Waals surface area contributed by atoms with Gasteiger partial charge in [0.15, 0.2) is 0 Å². The van der Waals surface area contributed by atoms with Crippen LogP contribution in [0.25, 0.3) is 0 Å². The van der Waals surface area contributed by atoms with Gasteiger partial charge in [-0.25, -0.2) is 0 Å². The van der Waals surface area contributed by atoms with Gasteiger partial charge in [-0.3, -0.25) is 0 Å². The standard InChI is InChI=1S/2C18H39NO.C2H4/c2*1-2-3-4-12-15-18(20)16-13-10-8-6-5-7-9-11-14-17-19;1-2/h2*18,20H,2-17,19H2,1H3;1-2H2. The molecule has 0 aliphatic heterocycles. The molecule has 0 fully saturated rings. The van der Waals surface area contributed by atoms with Crippen molar-refractivity contribution in [2.45, 2.75) is 219 Å². The van der Waals surface area contributed by atoms with Gasteiger partial charge in [-0.15, -0.1) is 13.2 Å². The molecule has 0 spiro atoms. The highest BCUT2D eigenvalue weighted by molar-refractivity contribution is 4.58. The minimum absolute atomic E-state index is 0.0388. The van der Waals surface area contributed by atoms with Crippen LogP contribution in [0.4, 0.5) is 0 Å². The number of hydrogen-bond donors (Lipinski definition) is 4. The van der Waals surface area contributed by atoms with E-state index in [4.69, 9.17) is 11.5 Å². The fourth-order valence-electron chi connectivity index (χ4n) is 5.43. The number of unbranched alkanes of at least 4 members (excludes halogenated alkanes) is 22. The minimum atomic E-state index is -0.0388. The van der Waals surface area contributed by atoms with Crippen molar-refractivity contribution in [3.05, 3.63) is 13.2 Å². The first-order valence-corrected chi connectivity index (χ1v) is 18.9. The van der Waals surface area contributed by atoms with Gasteiger partial charge < -0.3 is 21.7 Å². The van der Waals surface area contributed by atoms with E-state index in [1.54, 1.807) is 0 Å². The second kappa shape index (κ2) is 45.0. The van der Waals surface area contributed by atoms with E-state index in [9.17, 15) is 10.2 Å². The Bertz CT molecular complexity index is 397. The monoisotopic (exact) mass is 599 g/mol. The molecule has 2 unspecified atom stereocenters. The third-order valence-corrected chi connectivity index (χ3v) is 8.26. The van der Waals surface area contributed by atoms with Crippen LogP contribution in [0.1, 0.15) is 206 Å². The van der Waals surface area contributed by atoms with Crippen LogP contribution in [0.3, 0.4) is 0 Å². The predicted octanol–water partition coefficient (Wildman–Crippen LogP) is 11.2. The zero-order valence-electron chi connectivity index (χ0n) is 29.2. The fraction of sp³-hybridized carbons (Fsp3) is 0.947. The van der Waals surface area contributed by atoms with Gasteiger partial charge in [-0.1, -0.05) is 168 Å². The van der Waals surface area contributed by atoms with Gasteiger partial charge in [0.25, 0.3) is 0 Å². The molecular weight excluding hydrogens is 516 g/mol. The lowest BCUT2D eigenvalue weighted by Crippen LogP contribution is -2.05. The van der Waals surface area contributed by atoms with Crippen molar-refractivity contribution in [3.8, 4) is 0 Å². The quantitative estimate of drug-likeness (QED) is 0.0457. The van der Waals surface area contributed by atoms with E-state index in [0.717, 1.165) is 38.8 Å². The smallest absolute Gasteiger partial charge is 0.0540 e. The summed E-state index contributed by atoms with van der Waals surface area (Å²) < 4.78 is 0. The summed E-state index contributed by atoms with van der Waals surface area (Å²) in [6, 6.07) is 0. The average molecular weight is 599 g/mol. The lowest BCUT2D eigenvalue weighted by atomic mass is 10.0. The summed E-state index contributed by atoms with van der Waals surface area (Å²) in [4.78, 5) is 0. The van der Waals surface area contributed by atoms with E-state index in [-0.39, 0.29) is 12.2 Å². The van der Waals surface area contributed by atoms with Crippen LogP contribution in [0.2, 0.25) is 0 Å². The van der Waals surface area contributed by atoms with Crippen LogP contribution in [-0.2, 0) is 0 Å². The van der Waals surface area contributed by atoms with Crippen molar-refractivity contribution < 1.29 is 10.2 Å². The molecule has 0 saturated carbocycles. The number of rotatable bonds is 32. The van der Waals surface area contributed by atoms with Crippen molar-refractivity contribution in [1.29, 1.82) is 0 Å². The molecule has 4 nitrogen and oxygen atoms in total. The summed E-state index contributed by atoms with van der Waals surface area (Å²) in [6.45, 7) is 12.2. The lowest BCUT2D eigenvalue weighted by Gasteiger charge is -2.10. The van der Waals surface area contributed by atoms with E-state index in [1.165, 1.54) is 167 Å². The fourth-order valence-corrected chi connectivity index (χ4v) is 5.43. The predicted molar refractivity (Wildman–Crippen MR) is 191 cm³/mol. The molecule has 4 heteroatoms. The van der Waals surface area contributed by atoms with Gasteiger partial charge in [0.05, 0.1) is 12.2 Å². The van der Waals surface area contributed by atoms with Gasteiger partial charge in [-0.05, 0) is 51.6 Å². The van der Waals surface area contributed by atoms with Gasteiger partial charge in [0, 0.05) is 0 Å². The molecular formula is C38H82N2O2. The zero-order valence-corrected chi connectivity index (χ0v) is 29.2. The molecule has 0 bridgehead atoms. The van der Waals surface area contributed by atoms with E-state index in [1.807, 2.05) is 0 Å². The Kier molecular flexibility index (Phi) is 49.3. The van der Waals surface area contributed by atoms with E-state index in [2.05, 4.69) is 27.0 Å². The van der Waals surface area contributed by atoms with E-state index < -0.39 is 0 Å². The molecule has 0 amide bonds. The molecule has 6 N–H and O–H groups in total. The van der Waals surface area contributed by atoms with Gasteiger partial charge >= 0.3 is 0 Å². The number of hydrogen-bond acceptors (Lipinski definition) is 4. The summed E-state index contributed by atoms with van der Waals surface area (Å²) in [7, 11) is 0. The Morgan fingerprint density at radius 3 is 0.762 bits per heavy atom. The van der Waals surface area contributed by atoms with Crippen molar-refractivity contribution >= 4 is 0 Å². The third kappa shape index (κ3) is 46.5. The molecule has 0 aromatic heterocycles. The Labute approximate surface area is 266 Å². The number of nitrogens with two attached hydrogens (primary N) is 2. The van der Waals surface area contributed by atoms with Gasteiger partial charge in [0.2, 0.25) is 0 Å². The van der Waals surface area contributed by atoms with E-state index >= 15 is 0 Å². The molecule has 0 heterocycles. The Morgan fingerprint density at radius 2 is 0.548 bits per heavy atom. The Balaban J connectivity index is -0.000000683. The first kappa shape index (κ1) is 46.0. The average Bonchev–Trinajstić information content (AvgIpc) is 3.01. The lowest BCUT2D eigenvalue weighted by molar-refractivity contribution is 0.147. The van der Waals surface area contributed by atoms with E-state index in [0.29, 0.717) is 0 Å². The molecule has 0 aromatic carbocycles. The summed E-state index contributed by atoms with van der Waals surface area (Å²) in [5.41, 5.74) is 10.9. The van der Waals surface area contributed by atoms with Crippen LogP contribution in [0, 0.1) is 0 Å². The SMILES string of the molecule is C=C.CCCCCCC(O)CCCCCCCCCCCN.CCCCCCC(O)CCCCCCCCCCCN. The molecule has 0 saturated heterocycles. The summed E-state index contributed by atoms with van der Waals surface area (Å²) in [6.07, 6.45) is 37.8. The Morgan fingerprint density at radius 1 is 0.357 bits per heavy atom. The summed E-state index contributed by atoms with van der Waals surface area (Å²) in [5, 5.41) is 19.7. The van der Waals surface area contributed by atoms with Crippen LogP contribution in [0.15, 0.2) is 13.2 Å². The minimum Gasteiger partial charge on any atom is -0.393 e. The second-order valence-corrected chi connectivity index (χ2v) is 12.5. The third-order valence-electron chi connectivity index (χ3n) is 8.26. The number of aliphatic hydroxyl groups excluding tert-OH is 2. The maximum absolute atomic E-state index is 9.86. The second-order valence-electron chi connectivity index (χ2n) is 12.5. The van der Waals surface area contributed by atoms with Crippen molar-refractivity contribution in [2.75, 3.05) is 13.1 Å². The molecule has 2 atom stereocenters. The topological polar surface area (TPSA) is 92.5 Å². The van der Waals surface area contributed by atoms with Crippen LogP contribution >= 0.6 is 0 Å². The van der Waals surface area contributed by atoms with Crippen LogP contribution < -0.4 is 11.5 Å². The highest BCUT2D eigenvalue weighted by Gasteiger charge is 2.04. The molecule has 0 aliphatic rings. The van der Waals surface area contributed by atoms with Crippen molar-refractivity contribution in [1.82, 2.24) is 0 Å². The highest BCUT2D eigenvalue weighted by atomic mass is 16.3. The largest absolute Gasteiger partial charge is 0.393 e. The van der Waals surface area contributed by atoms with Crippen LogP contribution in [0.5, 0.6) is 0 Å². The molecule has 0 aromatic rings. The number of aliphatic hydroxyl groups is 2. The van der Waals surface area contributed by atoms with Crippen LogP contribution in [-0.4, -0.2) is 35.5 Å². The summed E-state index contributed by atoms with van der Waals surface area (Å²) >= 11 is 0. The zero-order chi connectivity index (χ0) is 31.8. The molecule has 0 aliphatic carbocycles. The molecule has 42 heavy (non-hydrogen) atoms. The highest BCUT2D eigenvalue weighted by Crippen LogP contribution is 2.15. The molecule has 256 valence electrons. The van der Waals surface area contributed by atoms with Gasteiger partial charge in [-0.2, -0.15) is 0 Å². The molecule has 0 rings (SSSR count). The van der Waals surface area contributed by atoms with Gasteiger partial charge in [0.1, 0.15) is 0 Å². The summed E-state index contributed by atoms with van der Waals surface area (Å²) in [5.74, 6) is 0. The normalized spacial score (nSPS) is 12.2. The maximum atomic E-state index is 9.86. The van der Waals surface area contributed by atoms with Crippen molar-refractivity contribution in [3.63, 3.8) is 0 Å². The first-order valence-electron chi connectivity index (χ1n) is 18.9. The molecule has 0 radical (unpaired) electrons. The van der Waals surface area contributed by atoms with Crippen molar-refractivity contribution in [2.24, 2.45) is 11.5 Å². The Hall–Kier alpha value is -0.420. The maximum Gasteiger partial charge on any atom is 0.0540 e.